The molecule has 0 aliphatic heterocycles. The van der Waals surface area contributed by atoms with Crippen molar-refractivity contribution in [3.05, 3.63) is 17.5 Å². The highest BCUT2D eigenvalue weighted by atomic mass is 32.1. The second kappa shape index (κ2) is 9.25. The number of rotatable bonds is 8. The van der Waals surface area contributed by atoms with Gasteiger partial charge in [0.15, 0.2) is 12.4 Å². The molecule has 1 rings (SSSR count). The number of aryl methyl sites for hydroxylation is 1. The molecule has 0 fully saturated rings. The summed E-state index contributed by atoms with van der Waals surface area (Å²) in [6.07, 6.45) is 1.47. The normalized spacial score (nSPS) is 13.8. The maximum absolute atomic E-state index is 12.2. The van der Waals surface area contributed by atoms with E-state index in [0.717, 1.165) is 18.5 Å². The van der Waals surface area contributed by atoms with Crippen LogP contribution in [0.5, 0.6) is 0 Å². The number of amides is 1. The van der Waals surface area contributed by atoms with Crippen molar-refractivity contribution in [3.8, 4) is 0 Å². The number of carbonyl (C=O) groups excluding carboxylic acids is 1. The Hall–Kier alpha value is -0.820. The summed E-state index contributed by atoms with van der Waals surface area (Å²) in [7, 11) is 0. The van der Waals surface area contributed by atoms with Crippen molar-refractivity contribution in [1.29, 1.82) is 0 Å². The van der Waals surface area contributed by atoms with Gasteiger partial charge >= 0.3 is 6.09 Å². The zero-order valence-corrected chi connectivity index (χ0v) is 14.6. The average Bonchev–Trinajstić information content (AvgIpc) is 2.93. The van der Waals surface area contributed by atoms with E-state index in [1.807, 2.05) is 19.9 Å². The van der Waals surface area contributed by atoms with Gasteiger partial charge < -0.3 is 14.2 Å². The molecule has 5 nitrogen and oxygen atoms in total. The Bertz CT molecular complexity index is 430. The molecule has 1 aromatic rings. The molecular weight excluding hydrogens is 308 g/mol. The fourth-order valence-electron chi connectivity index (χ4n) is 1.98. The van der Waals surface area contributed by atoms with Gasteiger partial charge in [-0.15, -0.1) is 0 Å². The Kier molecular flexibility index (Phi) is 8.03. The minimum atomic E-state index is -0.383. The highest BCUT2D eigenvalue weighted by Crippen LogP contribution is 2.13. The van der Waals surface area contributed by atoms with E-state index in [-0.39, 0.29) is 24.8 Å². The first kappa shape index (κ1) is 18.2. The van der Waals surface area contributed by atoms with E-state index in [4.69, 9.17) is 9.26 Å². The van der Waals surface area contributed by atoms with Crippen molar-refractivity contribution < 1.29 is 14.1 Å². The highest BCUT2D eigenvalue weighted by molar-refractivity contribution is 7.80. The Morgan fingerprint density at radius 2 is 2.00 bits per heavy atom. The molecule has 0 aliphatic rings. The number of nitrogens with zero attached hydrogens (tertiary/aromatic N) is 2. The zero-order chi connectivity index (χ0) is 15.8. The van der Waals surface area contributed by atoms with Crippen LogP contribution in [0.3, 0.4) is 0 Å². The first-order valence-corrected chi connectivity index (χ1v) is 8.41. The molecule has 0 radical (unpaired) electrons. The largest absolute Gasteiger partial charge is 0.441 e. The third-order valence-electron chi connectivity index (χ3n) is 3.14. The van der Waals surface area contributed by atoms with Crippen LogP contribution in [0.2, 0.25) is 0 Å². The van der Waals surface area contributed by atoms with E-state index in [1.54, 1.807) is 4.90 Å². The predicted octanol–water partition coefficient (Wildman–Crippen LogP) is 3.20. The molecule has 7 heteroatoms. The van der Waals surface area contributed by atoms with E-state index < -0.39 is 0 Å². The van der Waals surface area contributed by atoms with Crippen molar-refractivity contribution in [2.75, 3.05) is 11.5 Å². The van der Waals surface area contributed by atoms with E-state index in [0.29, 0.717) is 17.3 Å². The van der Waals surface area contributed by atoms with Crippen molar-refractivity contribution in [1.82, 2.24) is 10.1 Å². The Labute approximate surface area is 137 Å². The molecule has 0 bridgehead atoms. The number of carbonyl (C=O) groups is 1. The lowest BCUT2D eigenvalue weighted by Gasteiger charge is -2.32. The van der Waals surface area contributed by atoms with Crippen LogP contribution in [-0.4, -0.2) is 39.7 Å². The maximum Gasteiger partial charge on any atom is 0.410 e. The molecule has 0 aromatic carbocycles. The van der Waals surface area contributed by atoms with Gasteiger partial charge in [-0.1, -0.05) is 18.5 Å². The predicted molar refractivity (Wildman–Crippen MR) is 89.2 cm³/mol. The van der Waals surface area contributed by atoms with Gasteiger partial charge in [0, 0.05) is 29.7 Å². The van der Waals surface area contributed by atoms with Crippen LogP contribution in [0.1, 0.15) is 38.6 Å². The summed E-state index contributed by atoms with van der Waals surface area (Å²) in [4.78, 5) is 13.9. The van der Waals surface area contributed by atoms with Gasteiger partial charge in [0.05, 0.1) is 5.69 Å². The van der Waals surface area contributed by atoms with Crippen molar-refractivity contribution >= 4 is 31.4 Å². The van der Waals surface area contributed by atoms with Gasteiger partial charge in [-0.2, -0.15) is 25.3 Å². The van der Waals surface area contributed by atoms with Crippen molar-refractivity contribution in [2.45, 2.75) is 52.3 Å². The molecule has 120 valence electrons. The topological polar surface area (TPSA) is 55.6 Å². The lowest BCUT2D eigenvalue weighted by Crippen LogP contribution is -2.46. The van der Waals surface area contributed by atoms with Crippen LogP contribution < -0.4 is 0 Å². The smallest absolute Gasteiger partial charge is 0.410 e. The number of ether oxygens (including phenoxy) is 1. The number of aromatic nitrogens is 1. The minimum absolute atomic E-state index is 0.0200. The van der Waals surface area contributed by atoms with Crippen LogP contribution in [0.4, 0.5) is 4.79 Å². The van der Waals surface area contributed by atoms with E-state index in [2.05, 4.69) is 37.3 Å². The van der Waals surface area contributed by atoms with Gasteiger partial charge in [-0.3, -0.25) is 0 Å². The lowest BCUT2D eigenvalue weighted by molar-refractivity contribution is 0.0687. The molecule has 0 aliphatic carbocycles. The molecule has 2 atom stereocenters. The molecule has 21 heavy (non-hydrogen) atoms. The fourth-order valence-corrected chi connectivity index (χ4v) is 2.33. The summed E-state index contributed by atoms with van der Waals surface area (Å²) >= 11 is 8.49. The molecule has 0 saturated heterocycles. The van der Waals surface area contributed by atoms with Crippen LogP contribution in [-0.2, 0) is 17.8 Å². The first-order valence-electron chi connectivity index (χ1n) is 7.14. The summed E-state index contributed by atoms with van der Waals surface area (Å²) in [5.74, 6) is 1.69. The third kappa shape index (κ3) is 5.47. The fraction of sp³-hybridized carbons (Fsp3) is 0.714. The second-order valence-electron chi connectivity index (χ2n) is 5.06. The summed E-state index contributed by atoms with van der Waals surface area (Å²) < 4.78 is 10.5. The standard InChI is InChI=1S/C14H24N2O3S2/c1-4-5-12-6-13(19-15-12)7-18-14(17)16(10(2)8-20)11(3)9-21/h6,10-11,20-21H,4-5,7-9H2,1-3H3. The van der Waals surface area contributed by atoms with E-state index in [1.165, 1.54) is 0 Å². The first-order chi connectivity index (χ1) is 10.0. The Morgan fingerprint density at radius 1 is 1.38 bits per heavy atom. The lowest BCUT2D eigenvalue weighted by atomic mass is 10.2. The van der Waals surface area contributed by atoms with E-state index in [9.17, 15) is 4.79 Å². The number of thiol groups is 2. The highest BCUT2D eigenvalue weighted by Gasteiger charge is 2.25. The van der Waals surface area contributed by atoms with Gasteiger partial charge in [0.2, 0.25) is 0 Å². The molecule has 2 unspecified atom stereocenters. The average molecular weight is 332 g/mol. The number of hydrogen-bond donors (Lipinski definition) is 2. The van der Waals surface area contributed by atoms with Gasteiger partial charge in [0.25, 0.3) is 0 Å². The summed E-state index contributed by atoms with van der Waals surface area (Å²) in [5, 5.41) is 3.93. The quantitative estimate of drug-likeness (QED) is 0.718. The molecular formula is C14H24N2O3S2. The molecule has 1 amide bonds. The summed E-state index contributed by atoms with van der Waals surface area (Å²) in [5.41, 5.74) is 0.882. The SMILES string of the molecule is CCCc1cc(COC(=O)N(C(C)CS)C(C)CS)on1. The molecule has 0 saturated carbocycles. The van der Waals surface area contributed by atoms with Crippen LogP contribution >= 0.6 is 25.3 Å². The van der Waals surface area contributed by atoms with Crippen LogP contribution in [0.15, 0.2) is 10.6 Å². The van der Waals surface area contributed by atoms with Crippen LogP contribution in [0.25, 0.3) is 0 Å². The monoisotopic (exact) mass is 332 g/mol. The second-order valence-corrected chi connectivity index (χ2v) is 5.79. The van der Waals surface area contributed by atoms with Crippen LogP contribution in [0, 0.1) is 0 Å². The van der Waals surface area contributed by atoms with Gasteiger partial charge in [-0.25, -0.2) is 4.79 Å². The molecule has 1 aromatic heterocycles. The minimum Gasteiger partial charge on any atom is -0.441 e. The van der Waals surface area contributed by atoms with Crippen molar-refractivity contribution in [2.24, 2.45) is 0 Å². The molecule has 1 heterocycles. The Balaban J connectivity index is 2.60. The maximum atomic E-state index is 12.2. The zero-order valence-electron chi connectivity index (χ0n) is 12.8. The Morgan fingerprint density at radius 3 is 2.52 bits per heavy atom. The van der Waals surface area contributed by atoms with Gasteiger partial charge in [0.1, 0.15) is 0 Å². The van der Waals surface area contributed by atoms with Gasteiger partial charge in [-0.05, 0) is 20.3 Å². The molecule has 0 N–H and O–H groups in total. The summed E-state index contributed by atoms with van der Waals surface area (Å²) in [6, 6.07) is 1.78. The third-order valence-corrected chi connectivity index (χ3v) is 4.20. The van der Waals surface area contributed by atoms with E-state index >= 15 is 0 Å². The molecule has 0 spiro atoms. The van der Waals surface area contributed by atoms with Crippen molar-refractivity contribution in [3.63, 3.8) is 0 Å². The number of hydrogen-bond acceptors (Lipinski definition) is 6. The summed E-state index contributed by atoms with van der Waals surface area (Å²) in [6.45, 7) is 6.03.